The largest absolute Gasteiger partial charge is 0.379 e. The number of morpholine rings is 1. The van der Waals surface area contributed by atoms with Crippen molar-refractivity contribution < 1.29 is 9.53 Å². The van der Waals surface area contributed by atoms with Crippen molar-refractivity contribution in [1.29, 1.82) is 0 Å². The van der Waals surface area contributed by atoms with E-state index in [4.69, 9.17) is 4.74 Å². The van der Waals surface area contributed by atoms with Crippen LogP contribution in [0.25, 0.3) is 11.1 Å². The van der Waals surface area contributed by atoms with Crippen LogP contribution in [0.15, 0.2) is 53.4 Å². The number of amides is 1. The lowest BCUT2D eigenvalue weighted by Gasteiger charge is -2.34. The SMILES string of the molecule is CSc1ccccc1-c1ccc(C(=O)N(C)CC(C)N2CCOCC2)cc1. The zero-order valence-electron chi connectivity index (χ0n) is 16.4. The molecule has 0 bridgehead atoms. The van der Waals surface area contributed by atoms with Gasteiger partial charge in [-0.3, -0.25) is 9.69 Å². The molecule has 5 heteroatoms. The van der Waals surface area contributed by atoms with Crippen molar-refractivity contribution in [1.82, 2.24) is 9.80 Å². The van der Waals surface area contributed by atoms with Gasteiger partial charge in [0.1, 0.15) is 0 Å². The average Bonchev–Trinajstić information content (AvgIpc) is 2.73. The standard InChI is InChI=1S/C22H28N2O2S/c1-17(24-12-14-26-15-13-24)16-23(2)22(25)19-10-8-18(9-11-19)20-6-4-5-7-21(20)27-3/h4-11,17H,12-16H2,1-3H3. The van der Waals surface area contributed by atoms with Crippen molar-refractivity contribution in [3.05, 3.63) is 54.1 Å². The van der Waals surface area contributed by atoms with Gasteiger partial charge in [0.15, 0.2) is 0 Å². The molecule has 1 aliphatic rings. The summed E-state index contributed by atoms with van der Waals surface area (Å²) in [5, 5.41) is 0. The molecule has 0 radical (unpaired) electrons. The third-order valence-corrected chi connectivity index (χ3v) is 5.90. The molecule has 1 atom stereocenters. The maximum absolute atomic E-state index is 12.8. The highest BCUT2D eigenvalue weighted by Crippen LogP contribution is 2.30. The van der Waals surface area contributed by atoms with E-state index < -0.39 is 0 Å². The molecule has 2 aromatic carbocycles. The second-order valence-electron chi connectivity index (χ2n) is 6.96. The topological polar surface area (TPSA) is 32.8 Å². The molecule has 0 aromatic heterocycles. The zero-order valence-corrected chi connectivity index (χ0v) is 17.2. The molecule has 0 spiro atoms. The Labute approximate surface area is 166 Å². The molecule has 1 aliphatic heterocycles. The maximum Gasteiger partial charge on any atom is 0.253 e. The summed E-state index contributed by atoms with van der Waals surface area (Å²) in [5.41, 5.74) is 3.08. The lowest BCUT2D eigenvalue weighted by Crippen LogP contribution is -2.47. The van der Waals surface area contributed by atoms with E-state index in [2.05, 4.69) is 42.3 Å². The molecule has 3 rings (SSSR count). The van der Waals surface area contributed by atoms with Crippen molar-refractivity contribution in [3.63, 3.8) is 0 Å². The number of ether oxygens (including phenoxy) is 1. The van der Waals surface area contributed by atoms with Crippen molar-refractivity contribution in [2.24, 2.45) is 0 Å². The number of hydrogen-bond donors (Lipinski definition) is 0. The third-order valence-electron chi connectivity index (χ3n) is 5.10. The van der Waals surface area contributed by atoms with Crippen LogP contribution in [0, 0.1) is 0 Å². The van der Waals surface area contributed by atoms with Crippen LogP contribution < -0.4 is 0 Å². The van der Waals surface area contributed by atoms with Crippen LogP contribution in [-0.2, 0) is 4.74 Å². The van der Waals surface area contributed by atoms with Gasteiger partial charge in [0.05, 0.1) is 13.2 Å². The molecule has 0 aliphatic carbocycles. The second kappa shape index (κ2) is 9.40. The summed E-state index contributed by atoms with van der Waals surface area (Å²) in [6, 6.07) is 16.6. The second-order valence-corrected chi connectivity index (χ2v) is 7.81. The number of carbonyl (C=O) groups is 1. The first kappa shape index (κ1) is 19.9. The Morgan fingerprint density at radius 2 is 1.81 bits per heavy atom. The highest BCUT2D eigenvalue weighted by atomic mass is 32.2. The molecule has 0 saturated carbocycles. The van der Waals surface area contributed by atoms with Crippen molar-refractivity contribution in [3.8, 4) is 11.1 Å². The predicted octanol–water partition coefficient (Wildman–Crippen LogP) is 3.87. The Morgan fingerprint density at radius 1 is 1.15 bits per heavy atom. The smallest absolute Gasteiger partial charge is 0.253 e. The van der Waals surface area contributed by atoms with Gasteiger partial charge in [0, 0.05) is 43.2 Å². The molecule has 1 heterocycles. The highest BCUT2D eigenvalue weighted by molar-refractivity contribution is 7.98. The minimum absolute atomic E-state index is 0.0693. The molecule has 1 fully saturated rings. The fraction of sp³-hybridized carbons (Fsp3) is 0.409. The first-order valence-corrected chi connectivity index (χ1v) is 10.6. The Morgan fingerprint density at radius 3 is 2.48 bits per heavy atom. The van der Waals surface area contributed by atoms with Crippen LogP contribution in [0.4, 0.5) is 0 Å². The van der Waals surface area contributed by atoms with E-state index in [1.54, 1.807) is 11.8 Å². The van der Waals surface area contributed by atoms with Crippen LogP contribution in [0.2, 0.25) is 0 Å². The summed E-state index contributed by atoms with van der Waals surface area (Å²) >= 11 is 1.74. The van der Waals surface area contributed by atoms with Gasteiger partial charge in [0.2, 0.25) is 0 Å². The fourth-order valence-electron chi connectivity index (χ4n) is 3.51. The zero-order chi connectivity index (χ0) is 19.2. The van der Waals surface area contributed by atoms with E-state index >= 15 is 0 Å². The number of hydrogen-bond acceptors (Lipinski definition) is 4. The summed E-state index contributed by atoms with van der Waals surface area (Å²) in [7, 11) is 1.89. The van der Waals surface area contributed by atoms with Crippen molar-refractivity contribution in [2.75, 3.05) is 46.2 Å². The van der Waals surface area contributed by atoms with Crippen LogP contribution in [0.1, 0.15) is 17.3 Å². The first-order chi connectivity index (χ1) is 13.1. The summed E-state index contributed by atoms with van der Waals surface area (Å²) in [6.45, 7) is 6.33. The Balaban J connectivity index is 1.66. The Kier molecular flexibility index (Phi) is 6.94. The van der Waals surface area contributed by atoms with E-state index in [1.807, 2.05) is 36.2 Å². The summed E-state index contributed by atoms with van der Waals surface area (Å²) < 4.78 is 5.41. The fourth-order valence-corrected chi connectivity index (χ4v) is 4.13. The summed E-state index contributed by atoms with van der Waals surface area (Å²) in [5.74, 6) is 0.0693. The minimum atomic E-state index is 0.0693. The lowest BCUT2D eigenvalue weighted by molar-refractivity contribution is 0.0142. The molecule has 2 aromatic rings. The van der Waals surface area contributed by atoms with Gasteiger partial charge in [-0.05, 0) is 42.5 Å². The van der Waals surface area contributed by atoms with Gasteiger partial charge < -0.3 is 9.64 Å². The third kappa shape index (κ3) is 4.92. The average molecular weight is 385 g/mol. The molecule has 1 amide bonds. The van der Waals surface area contributed by atoms with Gasteiger partial charge in [-0.2, -0.15) is 0 Å². The van der Waals surface area contributed by atoms with Gasteiger partial charge in [0.25, 0.3) is 5.91 Å². The van der Waals surface area contributed by atoms with Gasteiger partial charge in [-0.25, -0.2) is 0 Å². The molecule has 27 heavy (non-hydrogen) atoms. The molecule has 1 unspecified atom stereocenters. The van der Waals surface area contributed by atoms with E-state index in [0.717, 1.165) is 44.0 Å². The maximum atomic E-state index is 12.8. The molecular formula is C22H28N2O2S. The van der Waals surface area contributed by atoms with E-state index in [9.17, 15) is 4.79 Å². The van der Waals surface area contributed by atoms with E-state index in [-0.39, 0.29) is 5.91 Å². The Bertz CT molecular complexity index is 757. The highest BCUT2D eigenvalue weighted by Gasteiger charge is 2.21. The number of likely N-dealkylation sites (N-methyl/N-ethyl adjacent to an activating group) is 1. The summed E-state index contributed by atoms with van der Waals surface area (Å²) in [6.07, 6.45) is 2.08. The first-order valence-electron chi connectivity index (χ1n) is 9.41. The van der Waals surface area contributed by atoms with E-state index in [0.29, 0.717) is 6.04 Å². The molecule has 144 valence electrons. The van der Waals surface area contributed by atoms with Crippen LogP contribution >= 0.6 is 11.8 Å². The Hall–Kier alpha value is -1.82. The molecule has 1 saturated heterocycles. The van der Waals surface area contributed by atoms with Crippen molar-refractivity contribution >= 4 is 17.7 Å². The minimum Gasteiger partial charge on any atom is -0.379 e. The molecule has 4 nitrogen and oxygen atoms in total. The monoisotopic (exact) mass is 384 g/mol. The quantitative estimate of drug-likeness (QED) is 0.708. The summed E-state index contributed by atoms with van der Waals surface area (Å²) in [4.78, 5) is 18.3. The van der Waals surface area contributed by atoms with Gasteiger partial charge in [-0.1, -0.05) is 30.3 Å². The van der Waals surface area contributed by atoms with Crippen LogP contribution in [-0.4, -0.2) is 67.9 Å². The molecule has 0 N–H and O–H groups in total. The number of benzene rings is 2. The number of rotatable bonds is 6. The van der Waals surface area contributed by atoms with Crippen LogP contribution in [0.3, 0.4) is 0 Å². The van der Waals surface area contributed by atoms with Crippen molar-refractivity contribution in [2.45, 2.75) is 17.9 Å². The number of thioether (sulfide) groups is 1. The lowest BCUT2D eigenvalue weighted by atomic mass is 10.0. The number of nitrogens with zero attached hydrogens (tertiary/aromatic N) is 2. The van der Waals surface area contributed by atoms with Gasteiger partial charge in [-0.15, -0.1) is 11.8 Å². The number of carbonyl (C=O) groups excluding carboxylic acids is 1. The predicted molar refractivity (Wildman–Crippen MR) is 112 cm³/mol. The van der Waals surface area contributed by atoms with E-state index in [1.165, 1.54) is 10.5 Å². The van der Waals surface area contributed by atoms with Crippen LogP contribution in [0.5, 0.6) is 0 Å². The van der Waals surface area contributed by atoms with Gasteiger partial charge >= 0.3 is 0 Å². The molecular weight excluding hydrogens is 356 g/mol. The normalized spacial score (nSPS) is 16.1.